The lowest BCUT2D eigenvalue weighted by Crippen LogP contribution is -2.32. The van der Waals surface area contributed by atoms with Gasteiger partial charge in [0.1, 0.15) is 5.75 Å². The zero-order valence-corrected chi connectivity index (χ0v) is 13.2. The molecule has 1 heterocycles. The van der Waals surface area contributed by atoms with Crippen LogP contribution < -0.4 is 10.1 Å². The largest absolute Gasteiger partial charge is 0.480 e. The summed E-state index contributed by atoms with van der Waals surface area (Å²) in [7, 11) is 0. The van der Waals surface area contributed by atoms with Gasteiger partial charge in [-0.25, -0.2) is 0 Å². The molecule has 114 valence electrons. The average molecular weight is 295 g/mol. The highest BCUT2D eigenvalue weighted by molar-refractivity contribution is 5.96. The molecule has 3 nitrogen and oxygen atoms in total. The molecule has 0 aliphatic carbocycles. The standard InChI is InChI=1S/C19H21NO2/c1-12(2)15-9-6-7-13(3)18(15)20-19(21)17-11-14-8-4-5-10-16(14)22-17/h4-10,12,17H,11H2,1-3H3,(H,20,21). The number of amides is 1. The average Bonchev–Trinajstić information content (AvgIpc) is 2.93. The minimum Gasteiger partial charge on any atom is -0.480 e. The number of anilines is 1. The summed E-state index contributed by atoms with van der Waals surface area (Å²) < 4.78 is 5.77. The van der Waals surface area contributed by atoms with Gasteiger partial charge in [0.05, 0.1) is 0 Å². The molecule has 1 unspecified atom stereocenters. The minimum atomic E-state index is -0.447. The third-order valence-corrected chi connectivity index (χ3v) is 4.11. The fourth-order valence-corrected chi connectivity index (χ4v) is 2.87. The molecule has 0 radical (unpaired) electrons. The number of para-hydroxylation sites is 2. The van der Waals surface area contributed by atoms with Gasteiger partial charge in [0.2, 0.25) is 0 Å². The van der Waals surface area contributed by atoms with Crippen molar-refractivity contribution in [1.29, 1.82) is 0 Å². The Kier molecular flexibility index (Phi) is 3.88. The first-order valence-corrected chi connectivity index (χ1v) is 7.71. The molecule has 0 saturated heterocycles. The minimum absolute atomic E-state index is 0.0765. The first kappa shape index (κ1) is 14.6. The van der Waals surface area contributed by atoms with Gasteiger partial charge in [-0.05, 0) is 35.6 Å². The summed E-state index contributed by atoms with van der Waals surface area (Å²) in [6.45, 7) is 6.28. The third kappa shape index (κ3) is 2.71. The monoisotopic (exact) mass is 295 g/mol. The summed E-state index contributed by atoms with van der Waals surface area (Å²) in [4.78, 5) is 12.6. The number of hydrogen-bond acceptors (Lipinski definition) is 2. The molecule has 2 aromatic rings. The van der Waals surface area contributed by atoms with Crippen molar-refractivity contribution in [1.82, 2.24) is 0 Å². The van der Waals surface area contributed by atoms with Gasteiger partial charge in [-0.3, -0.25) is 4.79 Å². The van der Waals surface area contributed by atoms with Crippen LogP contribution in [0.5, 0.6) is 5.75 Å². The molecule has 1 aliphatic rings. The highest BCUT2D eigenvalue weighted by Crippen LogP contribution is 2.31. The van der Waals surface area contributed by atoms with Gasteiger partial charge in [0.15, 0.2) is 6.10 Å². The Morgan fingerprint density at radius 1 is 1.18 bits per heavy atom. The van der Waals surface area contributed by atoms with Crippen molar-refractivity contribution in [2.75, 3.05) is 5.32 Å². The highest BCUT2D eigenvalue weighted by atomic mass is 16.5. The van der Waals surface area contributed by atoms with Crippen molar-refractivity contribution < 1.29 is 9.53 Å². The normalized spacial score (nSPS) is 16.3. The molecule has 0 fully saturated rings. The Bertz CT molecular complexity index is 681. The Hall–Kier alpha value is -2.29. The Morgan fingerprint density at radius 2 is 1.95 bits per heavy atom. The highest BCUT2D eigenvalue weighted by Gasteiger charge is 2.29. The van der Waals surface area contributed by atoms with Gasteiger partial charge >= 0.3 is 0 Å². The van der Waals surface area contributed by atoms with Crippen LogP contribution in [0.2, 0.25) is 0 Å². The molecule has 0 spiro atoms. The van der Waals surface area contributed by atoms with Gasteiger partial charge in [-0.1, -0.05) is 50.2 Å². The van der Waals surface area contributed by atoms with Crippen molar-refractivity contribution in [3.8, 4) is 5.75 Å². The predicted molar refractivity (Wildman–Crippen MR) is 88.5 cm³/mol. The smallest absolute Gasteiger partial charge is 0.265 e. The van der Waals surface area contributed by atoms with Gasteiger partial charge in [-0.2, -0.15) is 0 Å². The van der Waals surface area contributed by atoms with E-state index < -0.39 is 6.10 Å². The van der Waals surface area contributed by atoms with Crippen molar-refractivity contribution >= 4 is 11.6 Å². The molecule has 2 aromatic carbocycles. The van der Waals surface area contributed by atoms with E-state index in [0.29, 0.717) is 12.3 Å². The molecule has 22 heavy (non-hydrogen) atoms. The molecular formula is C19H21NO2. The Balaban J connectivity index is 1.79. The van der Waals surface area contributed by atoms with Crippen molar-refractivity contribution in [2.24, 2.45) is 0 Å². The number of rotatable bonds is 3. The lowest BCUT2D eigenvalue weighted by atomic mass is 9.98. The second kappa shape index (κ2) is 5.84. The summed E-state index contributed by atoms with van der Waals surface area (Å²) >= 11 is 0. The molecule has 1 aliphatic heterocycles. The molecule has 3 heteroatoms. The van der Waals surface area contributed by atoms with E-state index in [9.17, 15) is 4.79 Å². The van der Waals surface area contributed by atoms with Crippen LogP contribution in [0.4, 0.5) is 5.69 Å². The summed E-state index contributed by atoms with van der Waals surface area (Å²) in [6, 6.07) is 13.9. The fourth-order valence-electron chi connectivity index (χ4n) is 2.87. The van der Waals surface area contributed by atoms with E-state index >= 15 is 0 Å². The van der Waals surface area contributed by atoms with E-state index in [-0.39, 0.29) is 5.91 Å². The van der Waals surface area contributed by atoms with Crippen molar-refractivity contribution in [3.63, 3.8) is 0 Å². The first-order chi connectivity index (χ1) is 10.6. The van der Waals surface area contributed by atoms with E-state index in [2.05, 4.69) is 25.2 Å². The zero-order chi connectivity index (χ0) is 15.7. The second-order valence-electron chi connectivity index (χ2n) is 6.10. The number of carbonyl (C=O) groups is 1. The van der Waals surface area contributed by atoms with E-state index in [1.165, 1.54) is 0 Å². The number of carbonyl (C=O) groups excluding carboxylic acids is 1. The van der Waals surface area contributed by atoms with Crippen LogP contribution in [-0.4, -0.2) is 12.0 Å². The summed E-state index contributed by atoms with van der Waals surface area (Å²) in [5.74, 6) is 1.10. The molecule has 0 bridgehead atoms. The molecule has 0 aromatic heterocycles. The molecule has 3 rings (SSSR count). The SMILES string of the molecule is Cc1cccc(C(C)C)c1NC(=O)C1Cc2ccccc2O1. The second-order valence-corrected chi connectivity index (χ2v) is 6.10. The number of nitrogens with one attached hydrogen (secondary N) is 1. The fraction of sp³-hybridized carbons (Fsp3) is 0.316. The predicted octanol–water partition coefficient (Wildman–Crippen LogP) is 4.06. The number of hydrogen-bond donors (Lipinski definition) is 1. The van der Waals surface area contributed by atoms with Gasteiger partial charge in [0, 0.05) is 12.1 Å². The lowest BCUT2D eigenvalue weighted by molar-refractivity contribution is -0.122. The maximum atomic E-state index is 12.6. The maximum Gasteiger partial charge on any atom is 0.265 e. The lowest BCUT2D eigenvalue weighted by Gasteiger charge is -2.18. The summed E-state index contributed by atoms with van der Waals surface area (Å²) in [5, 5.41) is 3.07. The molecule has 1 atom stereocenters. The molecule has 1 amide bonds. The first-order valence-electron chi connectivity index (χ1n) is 7.71. The zero-order valence-electron chi connectivity index (χ0n) is 13.2. The van der Waals surface area contributed by atoms with Crippen molar-refractivity contribution in [3.05, 3.63) is 59.2 Å². The van der Waals surface area contributed by atoms with E-state index in [4.69, 9.17) is 4.74 Å². The summed E-state index contributed by atoms with van der Waals surface area (Å²) in [5.41, 5.74) is 4.25. The van der Waals surface area contributed by atoms with Crippen LogP contribution in [0.15, 0.2) is 42.5 Å². The molecule has 1 N–H and O–H groups in total. The molecular weight excluding hydrogens is 274 g/mol. The van der Waals surface area contributed by atoms with E-state index in [1.54, 1.807) is 0 Å². The van der Waals surface area contributed by atoms with Crippen molar-refractivity contribution in [2.45, 2.75) is 39.2 Å². The maximum absolute atomic E-state index is 12.6. The van der Waals surface area contributed by atoms with Crippen LogP contribution in [0.1, 0.15) is 36.5 Å². The van der Waals surface area contributed by atoms with Crippen LogP contribution in [0.3, 0.4) is 0 Å². The van der Waals surface area contributed by atoms with Crippen LogP contribution in [0.25, 0.3) is 0 Å². The number of ether oxygens (including phenoxy) is 1. The molecule has 0 saturated carbocycles. The van der Waals surface area contributed by atoms with Gasteiger partial charge < -0.3 is 10.1 Å². The quantitative estimate of drug-likeness (QED) is 0.927. The Labute approximate surface area is 131 Å². The Morgan fingerprint density at radius 3 is 2.68 bits per heavy atom. The van der Waals surface area contributed by atoms with Crippen LogP contribution in [0, 0.1) is 6.92 Å². The number of benzene rings is 2. The summed E-state index contributed by atoms with van der Waals surface area (Å²) in [6.07, 6.45) is 0.183. The van der Waals surface area contributed by atoms with Crippen LogP contribution >= 0.6 is 0 Å². The number of fused-ring (bicyclic) bond motifs is 1. The van der Waals surface area contributed by atoms with Gasteiger partial charge in [0.25, 0.3) is 5.91 Å². The topological polar surface area (TPSA) is 38.3 Å². The van der Waals surface area contributed by atoms with E-state index in [0.717, 1.165) is 28.1 Å². The number of aryl methyl sites for hydroxylation is 1. The van der Waals surface area contributed by atoms with Crippen LogP contribution in [-0.2, 0) is 11.2 Å². The van der Waals surface area contributed by atoms with E-state index in [1.807, 2.05) is 43.3 Å². The third-order valence-electron chi connectivity index (χ3n) is 4.11. The van der Waals surface area contributed by atoms with Gasteiger partial charge in [-0.15, -0.1) is 0 Å².